The molecule has 1 atom stereocenters. The van der Waals surface area contributed by atoms with Crippen molar-refractivity contribution in [1.29, 1.82) is 0 Å². The third-order valence-electron chi connectivity index (χ3n) is 3.72. The van der Waals surface area contributed by atoms with E-state index in [0.717, 1.165) is 44.7 Å². The van der Waals surface area contributed by atoms with Crippen LogP contribution in [0.15, 0.2) is 0 Å². The number of likely N-dealkylation sites (tertiary alicyclic amines) is 1. The Hall–Kier alpha value is -1.10. The number of hydrogen-bond donors (Lipinski definition) is 2. The number of nitrogens with zero attached hydrogens (tertiary/aromatic N) is 1. The van der Waals surface area contributed by atoms with Crippen molar-refractivity contribution in [2.75, 3.05) is 19.6 Å². The normalized spacial score (nSPS) is 19.1. The molecule has 1 aliphatic heterocycles. The second kappa shape index (κ2) is 8.15. The Balaban J connectivity index is 2.33. The van der Waals surface area contributed by atoms with Crippen LogP contribution in [-0.2, 0) is 9.59 Å². The van der Waals surface area contributed by atoms with Gasteiger partial charge in [-0.25, -0.2) is 4.79 Å². The molecule has 1 rings (SSSR count). The lowest BCUT2D eigenvalue weighted by atomic mass is 9.99. The van der Waals surface area contributed by atoms with Gasteiger partial charge in [-0.3, -0.25) is 9.69 Å². The van der Waals surface area contributed by atoms with Gasteiger partial charge in [-0.2, -0.15) is 0 Å². The molecule has 1 amide bonds. The predicted octanol–water partition coefficient (Wildman–Crippen LogP) is 1.48. The zero-order valence-corrected chi connectivity index (χ0v) is 12.0. The molecular formula is C14H26N2O3. The first kappa shape index (κ1) is 16.0. The molecule has 5 heteroatoms. The molecule has 0 aliphatic carbocycles. The summed E-state index contributed by atoms with van der Waals surface area (Å²) in [5, 5.41) is 11.7. The summed E-state index contributed by atoms with van der Waals surface area (Å²) in [6.07, 6.45) is 4.49. The summed E-state index contributed by atoms with van der Waals surface area (Å²) < 4.78 is 0. The molecule has 1 saturated heterocycles. The van der Waals surface area contributed by atoms with Crippen LogP contribution in [0.5, 0.6) is 0 Å². The molecule has 0 saturated carbocycles. The van der Waals surface area contributed by atoms with Gasteiger partial charge < -0.3 is 10.4 Å². The quantitative estimate of drug-likeness (QED) is 0.735. The van der Waals surface area contributed by atoms with E-state index in [1.54, 1.807) is 0 Å². The number of carbonyl (C=O) groups excluding carboxylic acids is 1. The van der Waals surface area contributed by atoms with Crippen molar-refractivity contribution in [3.63, 3.8) is 0 Å². The largest absolute Gasteiger partial charge is 0.480 e. The molecule has 1 aliphatic rings. The molecule has 19 heavy (non-hydrogen) atoms. The van der Waals surface area contributed by atoms with Gasteiger partial charge in [-0.15, -0.1) is 0 Å². The van der Waals surface area contributed by atoms with E-state index in [0.29, 0.717) is 13.0 Å². The van der Waals surface area contributed by atoms with Gasteiger partial charge in [0.05, 0.1) is 6.54 Å². The number of amides is 1. The average Bonchev–Trinajstić information content (AvgIpc) is 2.37. The van der Waals surface area contributed by atoms with Crippen LogP contribution in [0.25, 0.3) is 0 Å². The molecule has 110 valence electrons. The lowest BCUT2D eigenvalue weighted by Gasteiger charge is -2.29. The summed E-state index contributed by atoms with van der Waals surface area (Å²) in [7, 11) is 0. The Labute approximate surface area is 115 Å². The molecule has 0 radical (unpaired) electrons. The van der Waals surface area contributed by atoms with Crippen molar-refractivity contribution in [1.82, 2.24) is 10.2 Å². The lowest BCUT2D eigenvalue weighted by Crippen LogP contribution is -2.47. The number of hydrogen-bond acceptors (Lipinski definition) is 3. The van der Waals surface area contributed by atoms with Gasteiger partial charge in [0.25, 0.3) is 0 Å². The van der Waals surface area contributed by atoms with E-state index < -0.39 is 12.0 Å². The number of piperidine rings is 1. The topological polar surface area (TPSA) is 69.6 Å². The van der Waals surface area contributed by atoms with E-state index in [-0.39, 0.29) is 5.91 Å². The van der Waals surface area contributed by atoms with Crippen LogP contribution in [0.1, 0.15) is 46.0 Å². The van der Waals surface area contributed by atoms with Crippen LogP contribution in [0, 0.1) is 5.92 Å². The minimum atomic E-state index is -0.936. The highest BCUT2D eigenvalue weighted by atomic mass is 16.4. The molecule has 1 heterocycles. The summed E-state index contributed by atoms with van der Waals surface area (Å²) in [5.41, 5.74) is 0. The van der Waals surface area contributed by atoms with Crippen molar-refractivity contribution >= 4 is 11.9 Å². The number of rotatable bonds is 7. The van der Waals surface area contributed by atoms with E-state index >= 15 is 0 Å². The molecule has 0 spiro atoms. The number of aliphatic carboxylic acids is 1. The second-order valence-electron chi connectivity index (χ2n) is 5.56. The highest BCUT2D eigenvalue weighted by molar-refractivity contribution is 5.84. The first-order valence-corrected chi connectivity index (χ1v) is 7.27. The monoisotopic (exact) mass is 270 g/mol. The van der Waals surface area contributed by atoms with Gasteiger partial charge in [0.1, 0.15) is 6.04 Å². The maximum atomic E-state index is 11.9. The Morgan fingerprint density at radius 3 is 2.53 bits per heavy atom. The maximum Gasteiger partial charge on any atom is 0.326 e. The van der Waals surface area contributed by atoms with E-state index in [1.807, 2.05) is 6.92 Å². The Kier molecular flexibility index (Phi) is 6.84. The Morgan fingerprint density at radius 1 is 1.37 bits per heavy atom. The molecule has 5 nitrogen and oxygen atoms in total. The van der Waals surface area contributed by atoms with Crippen molar-refractivity contribution in [3.05, 3.63) is 0 Å². The zero-order valence-electron chi connectivity index (χ0n) is 12.0. The van der Waals surface area contributed by atoms with Crippen LogP contribution in [0.4, 0.5) is 0 Å². The van der Waals surface area contributed by atoms with Gasteiger partial charge in [0.15, 0.2) is 0 Å². The smallest absolute Gasteiger partial charge is 0.326 e. The molecule has 0 aromatic rings. The van der Waals surface area contributed by atoms with Crippen LogP contribution < -0.4 is 5.32 Å². The molecule has 0 bridgehead atoms. The molecule has 1 unspecified atom stereocenters. The molecule has 1 fully saturated rings. The van der Waals surface area contributed by atoms with E-state index in [2.05, 4.69) is 17.1 Å². The SMILES string of the molecule is CCCCC(NC(=O)CN1CCC(C)CC1)C(=O)O. The van der Waals surface area contributed by atoms with Crippen LogP contribution in [-0.4, -0.2) is 47.6 Å². The summed E-state index contributed by atoms with van der Waals surface area (Å²) in [6, 6.07) is -0.740. The number of carbonyl (C=O) groups is 2. The fourth-order valence-electron chi connectivity index (χ4n) is 2.33. The van der Waals surface area contributed by atoms with Crippen LogP contribution in [0.3, 0.4) is 0 Å². The third kappa shape index (κ3) is 6.05. The van der Waals surface area contributed by atoms with Crippen molar-refractivity contribution < 1.29 is 14.7 Å². The van der Waals surface area contributed by atoms with Gasteiger partial charge in [0.2, 0.25) is 5.91 Å². The number of carboxylic acid groups (broad SMARTS) is 1. The van der Waals surface area contributed by atoms with Crippen molar-refractivity contribution in [3.8, 4) is 0 Å². The van der Waals surface area contributed by atoms with E-state index in [4.69, 9.17) is 5.11 Å². The molecule has 0 aromatic carbocycles. The number of nitrogens with one attached hydrogen (secondary N) is 1. The first-order chi connectivity index (χ1) is 9.02. The highest BCUT2D eigenvalue weighted by Gasteiger charge is 2.22. The average molecular weight is 270 g/mol. The molecule has 2 N–H and O–H groups in total. The lowest BCUT2D eigenvalue weighted by molar-refractivity contribution is -0.142. The van der Waals surface area contributed by atoms with Crippen molar-refractivity contribution in [2.24, 2.45) is 5.92 Å². The first-order valence-electron chi connectivity index (χ1n) is 7.27. The maximum absolute atomic E-state index is 11.9. The minimum Gasteiger partial charge on any atom is -0.480 e. The van der Waals surface area contributed by atoms with Gasteiger partial charge in [-0.1, -0.05) is 26.7 Å². The minimum absolute atomic E-state index is 0.168. The second-order valence-corrected chi connectivity index (χ2v) is 5.56. The van der Waals surface area contributed by atoms with Gasteiger partial charge in [0, 0.05) is 0 Å². The highest BCUT2D eigenvalue weighted by Crippen LogP contribution is 2.15. The molecule has 0 aromatic heterocycles. The third-order valence-corrected chi connectivity index (χ3v) is 3.72. The summed E-state index contributed by atoms with van der Waals surface area (Å²) in [5.74, 6) is -0.372. The van der Waals surface area contributed by atoms with Gasteiger partial charge in [-0.05, 0) is 38.3 Å². The van der Waals surface area contributed by atoms with Gasteiger partial charge >= 0.3 is 5.97 Å². The Morgan fingerprint density at radius 2 is 2.00 bits per heavy atom. The van der Waals surface area contributed by atoms with Crippen molar-refractivity contribution in [2.45, 2.75) is 52.0 Å². The summed E-state index contributed by atoms with van der Waals surface area (Å²) in [6.45, 7) is 6.42. The van der Waals surface area contributed by atoms with Crippen LogP contribution >= 0.6 is 0 Å². The van der Waals surface area contributed by atoms with E-state index in [9.17, 15) is 9.59 Å². The number of carboxylic acids is 1. The predicted molar refractivity (Wildman–Crippen MR) is 73.9 cm³/mol. The Bertz CT molecular complexity index is 299. The van der Waals surface area contributed by atoms with Crippen LogP contribution in [0.2, 0.25) is 0 Å². The van der Waals surface area contributed by atoms with E-state index in [1.165, 1.54) is 0 Å². The summed E-state index contributed by atoms with van der Waals surface area (Å²) in [4.78, 5) is 25.0. The fraction of sp³-hybridized carbons (Fsp3) is 0.857. The number of unbranched alkanes of at least 4 members (excludes halogenated alkanes) is 1. The zero-order chi connectivity index (χ0) is 14.3. The standard InChI is InChI=1S/C14H26N2O3/c1-3-4-5-12(14(18)19)15-13(17)10-16-8-6-11(2)7-9-16/h11-12H,3-10H2,1-2H3,(H,15,17)(H,18,19). The molecular weight excluding hydrogens is 244 g/mol. The summed E-state index contributed by atoms with van der Waals surface area (Å²) >= 11 is 0. The fourth-order valence-corrected chi connectivity index (χ4v) is 2.33.